The van der Waals surface area contributed by atoms with E-state index in [-0.39, 0.29) is 35.2 Å². The van der Waals surface area contributed by atoms with Gasteiger partial charge >= 0.3 is 6.03 Å². The number of Topliss-reactive ketones (excluding diaryl/α,β-unsaturated/α-hetero) is 1. The molecule has 7 N–H and O–H groups in total. The van der Waals surface area contributed by atoms with Gasteiger partial charge in [-0.1, -0.05) is 40.0 Å². The molecule has 8 nitrogen and oxygen atoms in total. The normalized spacial score (nSPS) is 24.8. The summed E-state index contributed by atoms with van der Waals surface area (Å²) in [7, 11) is 0. The first kappa shape index (κ1) is 25.9. The minimum absolute atomic E-state index is 0.0580. The summed E-state index contributed by atoms with van der Waals surface area (Å²) in [5.41, 5.74) is 11.7. The minimum Gasteiger partial charge on any atom is -0.355 e. The van der Waals surface area contributed by atoms with Gasteiger partial charge in [-0.15, -0.1) is 0 Å². The fourth-order valence-corrected chi connectivity index (χ4v) is 5.56. The van der Waals surface area contributed by atoms with Gasteiger partial charge in [-0.3, -0.25) is 9.59 Å². The molecule has 2 aliphatic rings. The number of unbranched alkanes of at least 4 members (excludes halogenated alkanes) is 3. The van der Waals surface area contributed by atoms with Crippen LogP contribution < -0.4 is 27.4 Å². The number of carbonyl (C=O) groups excluding carboxylic acids is 3. The van der Waals surface area contributed by atoms with E-state index in [2.05, 4.69) is 16.0 Å². The van der Waals surface area contributed by atoms with E-state index < -0.39 is 12.1 Å². The number of carbonyl (C=O) groups is 3. The van der Waals surface area contributed by atoms with Crippen molar-refractivity contribution in [2.75, 3.05) is 12.3 Å². The maximum atomic E-state index is 12.3. The Labute approximate surface area is 190 Å². The van der Waals surface area contributed by atoms with Crippen molar-refractivity contribution in [1.29, 1.82) is 0 Å². The first-order valence-corrected chi connectivity index (χ1v) is 12.6. The topological polar surface area (TPSA) is 139 Å². The zero-order chi connectivity index (χ0) is 23.0. The molecule has 2 saturated heterocycles. The molecule has 0 spiro atoms. The highest BCUT2D eigenvalue weighted by Crippen LogP contribution is 2.33. The number of hydrogen-bond acceptors (Lipinski definition) is 6. The lowest BCUT2D eigenvalue weighted by molar-refractivity contribution is -0.124. The number of fused-ring (bicyclic) bond motifs is 1. The first-order valence-electron chi connectivity index (χ1n) is 11.6. The average Bonchev–Trinajstić information content (AvgIpc) is 3.25. The Morgan fingerprint density at radius 1 is 1.13 bits per heavy atom. The Kier molecular flexibility index (Phi) is 10.1. The third kappa shape index (κ3) is 8.27. The van der Waals surface area contributed by atoms with Crippen LogP contribution in [0.3, 0.4) is 0 Å². The second-order valence-corrected chi connectivity index (χ2v) is 11.2. The predicted octanol–water partition coefficient (Wildman–Crippen LogP) is 1.66. The molecule has 2 heterocycles. The molecular formula is C22H41N5O3S. The summed E-state index contributed by atoms with van der Waals surface area (Å²) < 4.78 is 0. The molecule has 3 amide bonds. The maximum absolute atomic E-state index is 12.3. The maximum Gasteiger partial charge on any atom is 0.315 e. The van der Waals surface area contributed by atoms with Crippen LogP contribution in [0.5, 0.6) is 0 Å². The van der Waals surface area contributed by atoms with Gasteiger partial charge in [0.05, 0.1) is 24.2 Å². The Morgan fingerprint density at radius 3 is 2.58 bits per heavy atom. The monoisotopic (exact) mass is 455 g/mol. The smallest absolute Gasteiger partial charge is 0.315 e. The number of urea groups is 1. The van der Waals surface area contributed by atoms with Gasteiger partial charge in [0.25, 0.3) is 0 Å². The molecule has 2 aliphatic heterocycles. The van der Waals surface area contributed by atoms with Crippen LogP contribution >= 0.6 is 11.8 Å². The van der Waals surface area contributed by atoms with Crippen LogP contribution in [0.2, 0.25) is 0 Å². The Bertz CT molecular complexity index is 625. The van der Waals surface area contributed by atoms with E-state index in [1.807, 2.05) is 32.5 Å². The Morgan fingerprint density at radius 2 is 1.87 bits per heavy atom. The first-order chi connectivity index (χ1) is 14.6. The van der Waals surface area contributed by atoms with Crippen LogP contribution in [0, 0.1) is 5.41 Å². The summed E-state index contributed by atoms with van der Waals surface area (Å²) >= 11 is 1.90. The van der Waals surface area contributed by atoms with Crippen molar-refractivity contribution in [1.82, 2.24) is 16.0 Å². The predicted molar refractivity (Wildman–Crippen MR) is 126 cm³/mol. The van der Waals surface area contributed by atoms with Gasteiger partial charge in [-0.2, -0.15) is 11.8 Å². The van der Waals surface area contributed by atoms with Gasteiger partial charge in [0.2, 0.25) is 5.91 Å². The highest BCUT2D eigenvalue weighted by atomic mass is 32.2. The number of amides is 3. The second kappa shape index (κ2) is 12.1. The second-order valence-electron chi connectivity index (χ2n) is 9.92. The molecule has 0 bridgehead atoms. The van der Waals surface area contributed by atoms with E-state index in [0.717, 1.165) is 44.3 Å². The van der Waals surface area contributed by atoms with Crippen molar-refractivity contribution in [2.24, 2.45) is 16.9 Å². The minimum atomic E-state index is -0.513. The summed E-state index contributed by atoms with van der Waals surface area (Å²) in [5, 5.41) is 9.27. The van der Waals surface area contributed by atoms with Crippen LogP contribution in [0.25, 0.3) is 0 Å². The van der Waals surface area contributed by atoms with Crippen molar-refractivity contribution >= 4 is 29.5 Å². The van der Waals surface area contributed by atoms with E-state index in [1.165, 1.54) is 0 Å². The fraction of sp³-hybridized carbons (Fsp3) is 0.864. The van der Waals surface area contributed by atoms with Gasteiger partial charge in [-0.05, 0) is 31.1 Å². The molecule has 0 aromatic carbocycles. The van der Waals surface area contributed by atoms with Gasteiger partial charge in [-0.25, -0.2) is 4.79 Å². The number of nitrogens with two attached hydrogens (primary N) is 2. The van der Waals surface area contributed by atoms with E-state index in [4.69, 9.17) is 11.5 Å². The van der Waals surface area contributed by atoms with Crippen molar-refractivity contribution in [2.45, 2.75) is 102 Å². The number of nitrogens with one attached hydrogen (secondary N) is 3. The molecule has 1 unspecified atom stereocenters. The molecule has 9 heteroatoms. The zero-order valence-corrected chi connectivity index (χ0v) is 20.1. The van der Waals surface area contributed by atoms with Crippen LogP contribution in [0.1, 0.15) is 72.1 Å². The van der Waals surface area contributed by atoms with Crippen molar-refractivity contribution in [3.8, 4) is 0 Å². The van der Waals surface area contributed by atoms with E-state index >= 15 is 0 Å². The third-order valence-corrected chi connectivity index (χ3v) is 7.73. The van der Waals surface area contributed by atoms with Gasteiger partial charge in [0.15, 0.2) is 0 Å². The highest BCUT2D eigenvalue weighted by molar-refractivity contribution is 8.00. The Balaban J connectivity index is 1.48. The van der Waals surface area contributed by atoms with Crippen molar-refractivity contribution < 1.29 is 14.4 Å². The molecule has 31 heavy (non-hydrogen) atoms. The summed E-state index contributed by atoms with van der Waals surface area (Å²) in [6.07, 6.45) is 6.72. The molecule has 2 fully saturated rings. The molecule has 2 rings (SSSR count). The largest absolute Gasteiger partial charge is 0.355 e. The lowest BCUT2D eigenvalue weighted by atomic mass is 9.87. The standard InChI is InChI=1S/C22H41N5O3S/c1-22(2,3)19(24)20(29)25-12-8-4-5-9-14(23)16(28)10-6-7-11-17-18-15(13-31-17)26-21(30)27-18/h14-15,17-19H,4-13,23-24H2,1-3H3,(H,25,29)(H2,26,27,30)/t14?,15-,17-,18-,19+/m0/s1. The Hall–Kier alpha value is -1.32. The number of hydrogen-bond donors (Lipinski definition) is 5. The number of thioether (sulfide) groups is 1. The fourth-order valence-electron chi connectivity index (χ4n) is 4.02. The third-order valence-electron chi connectivity index (χ3n) is 6.22. The lowest BCUT2D eigenvalue weighted by Crippen LogP contribution is -2.48. The SMILES string of the molecule is CC(C)(C)[C@H](N)C(=O)NCCCCCC(N)C(=O)CCCC[C@@H]1SC[C@@H]2NC(=O)N[C@@H]21. The molecule has 5 atom stereocenters. The molecule has 0 saturated carbocycles. The highest BCUT2D eigenvalue weighted by Gasteiger charge is 2.42. The van der Waals surface area contributed by atoms with Crippen molar-refractivity contribution in [3.63, 3.8) is 0 Å². The average molecular weight is 456 g/mol. The zero-order valence-electron chi connectivity index (χ0n) is 19.2. The van der Waals surface area contributed by atoms with E-state index in [0.29, 0.717) is 24.6 Å². The molecule has 0 radical (unpaired) electrons. The lowest BCUT2D eigenvalue weighted by Gasteiger charge is -2.25. The molecule has 178 valence electrons. The van der Waals surface area contributed by atoms with Crippen LogP contribution in [-0.2, 0) is 9.59 Å². The summed E-state index contributed by atoms with van der Waals surface area (Å²) in [4.78, 5) is 35.7. The van der Waals surface area contributed by atoms with Gasteiger partial charge in [0, 0.05) is 24.0 Å². The van der Waals surface area contributed by atoms with Gasteiger partial charge < -0.3 is 27.4 Å². The number of ketones is 1. The summed E-state index contributed by atoms with van der Waals surface area (Å²) in [6.45, 7) is 6.45. The van der Waals surface area contributed by atoms with E-state index in [1.54, 1.807) is 0 Å². The van der Waals surface area contributed by atoms with Crippen molar-refractivity contribution in [3.05, 3.63) is 0 Å². The molecule has 0 aromatic heterocycles. The molecule has 0 aromatic rings. The summed E-state index contributed by atoms with van der Waals surface area (Å²) in [6, 6.07) is -0.490. The quantitative estimate of drug-likeness (QED) is 0.211. The van der Waals surface area contributed by atoms with Crippen LogP contribution in [0.15, 0.2) is 0 Å². The van der Waals surface area contributed by atoms with E-state index in [9.17, 15) is 14.4 Å². The van der Waals surface area contributed by atoms with Crippen LogP contribution in [0.4, 0.5) is 4.79 Å². The van der Waals surface area contributed by atoms with Gasteiger partial charge in [0.1, 0.15) is 5.78 Å². The molecule has 0 aliphatic carbocycles. The number of rotatable bonds is 13. The molecular weight excluding hydrogens is 414 g/mol. The summed E-state index contributed by atoms with van der Waals surface area (Å²) in [5.74, 6) is 0.986. The van der Waals surface area contributed by atoms with Crippen LogP contribution in [-0.4, -0.2) is 59.4 Å².